The first-order chi connectivity index (χ1) is 10.4. The molecule has 0 fully saturated rings. The zero-order valence-electron chi connectivity index (χ0n) is 11.3. The van der Waals surface area contributed by atoms with E-state index in [-0.39, 0.29) is 11.4 Å². The fourth-order valence-corrected chi connectivity index (χ4v) is 3.03. The number of hydrogen-bond donors (Lipinski definition) is 2. The number of anilines is 2. The minimum absolute atomic E-state index is 0.0511. The first-order valence-electron chi connectivity index (χ1n) is 6.00. The van der Waals surface area contributed by atoms with Crippen molar-refractivity contribution in [3.63, 3.8) is 0 Å². The van der Waals surface area contributed by atoms with E-state index in [0.29, 0.717) is 9.47 Å². The minimum Gasteiger partial charge on any atom is -0.363 e. The van der Waals surface area contributed by atoms with Gasteiger partial charge in [-0.2, -0.15) is 13.2 Å². The number of thioether (sulfide) groups is 1. The Morgan fingerprint density at radius 3 is 2.68 bits per heavy atom. The number of alkyl halides is 3. The van der Waals surface area contributed by atoms with E-state index in [1.54, 1.807) is 7.05 Å². The molecule has 0 bridgehead atoms. The van der Waals surface area contributed by atoms with Crippen molar-refractivity contribution < 1.29 is 18.0 Å². The highest BCUT2D eigenvalue weighted by atomic mass is 32.2. The van der Waals surface area contributed by atoms with E-state index in [2.05, 4.69) is 20.8 Å². The fourth-order valence-electron chi connectivity index (χ4n) is 1.52. The molecule has 2 aromatic rings. The van der Waals surface area contributed by atoms with E-state index in [9.17, 15) is 18.0 Å². The number of aromatic nitrogens is 2. The molecular formula is C12H11F3N4OS2. The van der Waals surface area contributed by atoms with Crippen LogP contribution < -0.4 is 10.6 Å². The van der Waals surface area contributed by atoms with Gasteiger partial charge in [0.2, 0.25) is 11.0 Å². The molecule has 1 amide bonds. The monoisotopic (exact) mass is 348 g/mol. The van der Waals surface area contributed by atoms with Crippen LogP contribution in [0.3, 0.4) is 0 Å². The van der Waals surface area contributed by atoms with Gasteiger partial charge in [-0.3, -0.25) is 4.79 Å². The number of benzene rings is 1. The van der Waals surface area contributed by atoms with E-state index in [0.717, 1.165) is 17.8 Å². The molecule has 1 heterocycles. The van der Waals surface area contributed by atoms with Crippen LogP contribution in [0.4, 0.5) is 24.0 Å². The fraction of sp³-hybridized carbons (Fsp3) is 0.250. The molecule has 1 aromatic heterocycles. The van der Waals surface area contributed by atoms with Crippen LogP contribution in [0.5, 0.6) is 0 Å². The number of hydrogen-bond acceptors (Lipinski definition) is 6. The molecule has 10 heteroatoms. The van der Waals surface area contributed by atoms with Crippen molar-refractivity contribution in [2.45, 2.75) is 10.5 Å². The molecule has 2 N–H and O–H groups in total. The van der Waals surface area contributed by atoms with E-state index < -0.39 is 17.6 Å². The summed E-state index contributed by atoms with van der Waals surface area (Å²) in [6.07, 6.45) is -4.52. The predicted octanol–water partition coefficient (Wildman–Crippen LogP) is 3.33. The summed E-state index contributed by atoms with van der Waals surface area (Å²) in [5.41, 5.74) is -1.13. The van der Waals surface area contributed by atoms with Crippen molar-refractivity contribution in [1.82, 2.24) is 10.2 Å². The second-order valence-corrected chi connectivity index (χ2v) is 6.20. The van der Waals surface area contributed by atoms with Crippen LogP contribution in [-0.4, -0.2) is 28.9 Å². The molecule has 0 aliphatic heterocycles. The van der Waals surface area contributed by atoms with Gasteiger partial charge < -0.3 is 10.6 Å². The topological polar surface area (TPSA) is 66.9 Å². The van der Waals surface area contributed by atoms with Gasteiger partial charge in [-0.15, -0.1) is 10.2 Å². The molecule has 118 valence electrons. The maximum absolute atomic E-state index is 12.8. The lowest BCUT2D eigenvalue weighted by atomic mass is 10.1. The van der Waals surface area contributed by atoms with Gasteiger partial charge in [-0.05, 0) is 12.1 Å². The highest BCUT2D eigenvalue weighted by Gasteiger charge is 2.33. The number of halogens is 3. The zero-order valence-corrected chi connectivity index (χ0v) is 12.9. The van der Waals surface area contributed by atoms with Gasteiger partial charge in [0.25, 0.3) is 0 Å². The maximum Gasteiger partial charge on any atom is 0.418 e. The molecule has 1 aromatic carbocycles. The number of amides is 1. The van der Waals surface area contributed by atoms with Crippen LogP contribution in [0.1, 0.15) is 5.56 Å². The summed E-state index contributed by atoms with van der Waals surface area (Å²) >= 11 is 2.37. The Kier molecular flexibility index (Phi) is 5.24. The molecule has 0 spiro atoms. The van der Waals surface area contributed by atoms with E-state index in [4.69, 9.17) is 0 Å². The second-order valence-electron chi connectivity index (χ2n) is 4.00. The number of nitrogens with one attached hydrogen (secondary N) is 2. The molecular weight excluding hydrogens is 337 g/mol. The van der Waals surface area contributed by atoms with Crippen LogP contribution in [0.15, 0.2) is 28.6 Å². The SMILES string of the molecule is CNc1nnc(SCC(=O)Nc2ccccc2C(F)(F)F)s1. The van der Waals surface area contributed by atoms with Crippen molar-refractivity contribution in [2.24, 2.45) is 0 Å². The van der Waals surface area contributed by atoms with Crippen molar-refractivity contribution in [2.75, 3.05) is 23.4 Å². The Labute approximate surface area is 132 Å². The Morgan fingerprint density at radius 1 is 1.32 bits per heavy atom. The largest absolute Gasteiger partial charge is 0.418 e. The normalized spacial score (nSPS) is 11.3. The van der Waals surface area contributed by atoms with Crippen LogP contribution >= 0.6 is 23.1 Å². The Hall–Kier alpha value is -1.81. The number of carbonyl (C=O) groups excluding carboxylic acids is 1. The van der Waals surface area contributed by atoms with Crippen LogP contribution in [-0.2, 0) is 11.0 Å². The molecule has 0 atom stereocenters. The average Bonchev–Trinajstić information content (AvgIpc) is 2.92. The first kappa shape index (κ1) is 16.6. The van der Waals surface area contributed by atoms with Crippen molar-refractivity contribution in [3.05, 3.63) is 29.8 Å². The Bertz CT molecular complexity index is 660. The molecule has 0 saturated heterocycles. The summed E-state index contributed by atoms with van der Waals surface area (Å²) < 4.78 is 39.0. The third-order valence-corrected chi connectivity index (χ3v) is 4.53. The molecule has 0 aliphatic carbocycles. The Morgan fingerprint density at radius 2 is 2.05 bits per heavy atom. The lowest BCUT2D eigenvalue weighted by Gasteiger charge is -2.13. The van der Waals surface area contributed by atoms with Gasteiger partial charge >= 0.3 is 6.18 Å². The zero-order chi connectivity index (χ0) is 16.2. The number of para-hydroxylation sites is 1. The van der Waals surface area contributed by atoms with Gasteiger partial charge in [-0.25, -0.2) is 0 Å². The molecule has 22 heavy (non-hydrogen) atoms. The maximum atomic E-state index is 12.8. The standard InChI is InChI=1S/C12H11F3N4OS2/c1-16-10-18-19-11(22-10)21-6-9(20)17-8-5-3-2-4-7(8)12(13,14)15/h2-5H,6H2,1H3,(H,16,18)(H,17,20). The highest BCUT2D eigenvalue weighted by molar-refractivity contribution is 8.01. The third-order valence-electron chi connectivity index (χ3n) is 2.45. The molecule has 0 radical (unpaired) electrons. The average molecular weight is 348 g/mol. The lowest BCUT2D eigenvalue weighted by molar-refractivity contribution is -0.137. The second kappa shape index (κ2) is 6.97. The van der Waals surface area contributed by atoms with Crippen LogP contribution in [0.25, 0.3) is 0 Å². The molecule has 0 saturated carbocycles. The summed E-state index contributed by atoms with van der Waals surface area (Å²) in [5.74, 6) is -0.590. The summed E-state index contributed by atoms with van der Waals surface area (Å²) in [7, 11) is 1.69. The van der Waals surface area contributed by atoms with E-state index >= 15 is 0 Å². The molecule has 0 aliphatic rings. The van der Waals surface area contributed by atoms with Crippen LogP contribution in [0.2, 0.25) is 0 Å². The van der Waals surface area contributed by atoms with Gasteiger partial charge in [-0.1, -0.05) is 35.2 Å². The number of rotatable bonds is 5. The molecule has 5 nitrogen and oxygen atoms in total. The highest BCUT2D eigenvalue weighted by Crippen LogP contribution is 2.34. The summed E-state index contributed by atoms with van der Waals surface area (Å²) in [6, 6.07) is 4.85. The minimum atomic E-state index is -4.52. The smallest absolute Gasteiger partial charge is 0.363 e. The number of carbonyl (C=O) groups is 1. The lowest BCUT2D eigenvalue weighted by Crippen LogP contribution is -2.18. The summed E-state index contributed by atoms with van der Waals surface area (Å²) in [6.45, 7) is 0. The predicted molar refractivity (Wildman–Crippen MR) is 80.3 cm³/mol. The van der Waals surface area contributed by atoms with Gasteiger partial charge in [0.15, 0.2) is 4.34 Å². The van der Waals surface area contributed by atoms with Gasteiger partial charge in [0.05, 0.1) is 17.0 Å². The summed E-state index contributed by atoms with van der Waals surface area (Å²) in [5, 5.41) is 13.3. The van der Waals surface area contributed by atoms with Crippen molar-refractivity contribution in [1.29, 1.82) is 0 Å². The van der Waals surface area contributed by atoms with E-state index in [1.165, 1.54) is 29.5 Å². The quantitative estimate of drug-likeness (QED) is 0.812. The van der Waals surface area contributed by atoms with Gasteiger partial charge in [0.1, 0.15) is 0 Å². The molecule has 2 rings (SSSR count). The van der Waals surface area contributed by atoms with E-state index in [1.807, 2.05) is 0 Å². The van der Waals surface area contributed by atoms with Gasteiger partial charge in [0, 0.05) is 7.05 Å². The Balaban J connectivity index is 1.98. The van der Waals surface area contributed by atoms with Crippen molar-refractivity contribution in [3.8, 4) is 0 Å². The molecule has 0 unspecified atom stereocenters. The third kappa shape index (κ3) is 4.34. The van der Waals surface area contributed by atoms with Crippen LogP contribution in [0, 0.1) is 0 Å². The van der Waals surface area contributed by atoms with Crippen molar-refractivity contribution >= 4 is 39.8 Å². The summed E-state index contributed by atoms with van der Waals surface area (Å²) in [4.78, 5) is 11.8. The number of nitrogens with zero attached hydrogens (tertiary/aromatic N) is 2. The first-order valence-corrected chi connectivity index (χ1v) is 7.80.